The lowest BCUT2D eigenvalue weighted by Gasteiger charge is -2.37. The quantitative estimate of drug-likeness (QED) is 0.833. The van der Waals surface area contributed by atoms with Gasteiger partial charge in [0.15, 0.2) is 9.84 Å². The zero-order valence-electron chi connectivity index (χ0n) is 12.3. The summed E-state index contributed by atoms with van der Waals surface area (Å²) in [5.41, 5.74) is 2.14. The van der Waals surface area contributed by atoms with Crippen LogP contribution in [0.25, 0.3) is 0 Å². The van der Waals surface area contributed by atoms with Crippen LogP contribution in [0.15, 0.2) is 22.7 Å². The van der Waals surface area contributed by atoms with Crippen LogP contribution in [0.3, 0.4) is 0 Å². The molecular formula is C14H21BrN2O2S2. The monoisotopic (exact) mass is 392 g/mol. The van der Waals surface area contributed by atoms with Gasteiger partial charge in [-0.3, -0.25) is 0 Å². The number of hydrogen-bond donors (Lipinski definition) is 1. The minimum absolute atomic E-state index is 0.185. The fraction of sp³-hybridized carbons (Fsp3) is 0.571. The van der Waals surface area contributed by atoms with E-state index in [-0.39, 0.29) is 5.75 Å². The Labute approximate surface area is 139 Å². The maximum absolute atomic E-state index is 12.4. The van der Waals surface area contributed by atoms with Crippen molar-refractivity contribution in [3.8, 4) is 0 Å². The fourth-order valence-electron chi connectivity index (χ4n) is 2.49. The summed E-state index contributed by atoms with van der Waals surface area (Å²) in [7, 11) is -1.19. The Balaban J connectivity index is 2.44. The highest BCUT2D eigenvalue weighted by Crippen LogP contribution is 2.32. The lowest BCUT2D eigenvalue weighted by Crippen LogP contribution is -2.48. The van der Waals surface area contributed by atoms with Gasteiger partial charge in [-0.15, -0.1) is 0 Å². The van der Waals surface area contributed by atoms with Crippen molar-refractivity contribution in [2.45, 2.75) is 18.8 Å². The Morgan fingerprint density at radius 1 is 1.48 bits per heavy atom. The van der Waals surface area contributed by atoms with E-state index in [1.807, 2.05) is 25.2 Å². The van der Waals surface area contributed by atoms with Crippen molar-refractivity contribution in [1.29, 1.82) is 0 Å². The molecule has 1 heterocycles. The summed E-state index contributed by atoms with van der Waals surface area (Å²) in [5, 5.41) is 2.73. The highest BCUT2D eigenvalue weighted by molar-refractivity contribution is 9.10. The number of hydrogen-bond acceptors (Lipinski definition) is 5. The Morgan fingerprint density at radius 2 is 2.24 bits per heavy atom. The van der Waals surface area contributed by atoms with E-state index in [1.165, 1.54) is 0 Å². The normalized spacial score (nSPS) is 19.8. The first-order valence-electron chi connectivity index (χ1n) is 6.98. The molecule has 1 fully saturated rings. The van der Waals surface area contributed by atoms with Gasteiger partial charge >= 0.3 is 0 Å². The van der Waals surface area contributed by atoms with E-state index in [2.05, 4.69) is 26.1 Å². The second-order valence-corrected chi connectivity index (χ2v) is 9.49. The first kappa shape index (κ1) is 17.1. The second kappa shape index (κ2) is 7.35. The van der Waals surface area contributed by atoms with Crippen LogP contribution in [-0.4, -0.2) is 44.6 Å². The van der Waals surface area contributed by atoms with Crippen molar-refractivity contribution in [2.75, 3.05) is 35.8 Å². The van der Waals surface area contributed by atoms with Gasteiger partial charge in [-0.2, -0.15) is 11.8 Å². The van der Waals surface area contributed by atoms with Gasteiger partial charge in [0.25, 0.3) is 0 Å². The highest BCUT2D eigenvalue weighted by Gasteiger charge is 2.33. The van der Waals surface area contributed by atoms with E-state index >= 15 is 0 Å². The minimum atomic E-state index is -3.09. The summed E-state index contributed by atoms with van der Waals surface area (Å²) in [5.74, 6) is 1.78. The SMILES string of the molecule is CCS(=O)(=O)C1CSCCN1c1cc(Br)ccc1CNC. The smallest absolute Gasteiger partial charge is 0.171 e. The molecule has 0 aromatic heterocycles. The van der Waals surface area contributed by atoms with Crippen LogP contribution in [0.1, 0.15) is 12.5 Å². The predicted molar refractivity (Wildman–Crippen MR) is 94.8 cm³/mol. The molecule has 0 spiro atoms. The van der Waals surface area contributed by atoms with Crippen LogP contribution >= 0.6 is 27.7 Å². The van der Waals surface area contributed by atoms with E-state index in [9.17, 15) is 8.42 Å². The average Bonchev–Trinajstić information content (AvgIpc) is 2.49. The predicted octanol–water partition coefficient (Wildman–Crippen LogP) is 2.48. The number of benzene rings is 1. The summed E-state index contributed by atoms with van der Waals surface area (Å²) >= 11 is 5.22. The van der Waals surface area contributed by atoms with Gasteiger partial charge in [-0.05, 0) is 24.7 Å². The largest absolute Gasteiger partial charge is 0.353 e. The maximum Gasteiger partial charge on any atom is 0.171 e. The molecule has 4 nitrogen and oxygen atoms in total. The van der Waals surface area contributed by atoms with Crippen molar-refractivity contribution in [3.05, 3.63) is 28.2 Å². The topological polar surface area (TPSA) is 49.4 Å². The second-order valence-electron chi connectivity index (χ2n) is 4.98. The standard InChI is InChI=1S/C14H21BrN2O2S2/c1-3-21(18,19)14-10-20-7-6-17(14)13-8-12(15)5-4-11(13)9-16-2/h4-5,8,14,16H,3,6-7,9-10H2,1-2H3. The van der Waals surface area contributed by atoms with Gasteiger partial charge in [0.1, 0.15) is 5.37 Å². The molecule has 1 aliphatic rings. The lowest BCUT2D eigenvalue weighted by molar-refractivity contribution is 0.579. The fourth-order valence-corrected chi connectivity index (χ4v) is 5.82. The summed E-state index contributed by atoms with van der Waals surface area (Å²) in [6, 6.07) is 6.08. The van der Waals surface area contributed by atoms with Gasteiger partial charge in [0, 0.05) is 40.5 Å². The molecule has 0 aliphatic carbocycles. The Morgan fingerprint density at radius 3 is 2.90 bits per heavy atom. The number of thioether (sulfide) groups is 1. The van der Waals surface area contributed by atoms with Crippen molar-refractivity contribution >= 4 is 43.2 Å². The third-order valence-corrected chi connectivity index (χ3v) is 7.41. The van der Waals surface area contributed by atoms with E-state index in [0.29, 0.717) is 5.75 Å². The molecule has 118 valence electrons. The van der Waals surface area contributed by atoms with Gasteiger partial charge in [0.05, 0.1) is 0 Å². The molecule has 1 saturated heterocycles. The molecule has 1 aliphatic heterocycles. The molecule has 21 heavy (non-hydrogen) atoms. The molecule has 0 saturated carbocycles. The molecule has 0 radical (unpaired) electrons. The summed E-state index contributed by atoms with van der Waals surface area (Å²) in [6.45, 7) is 3.22. The average molecular weight is 393 g/mol. The molecule has 1 aromatic rings. The number of rotatable bonds is 5. The van der Waals surface area contributed by atoms with E-state index in [0.717, 1.165) is 34.6 Å². The van der Waals surface area contributed by atoms with Crippen LogP contribution in [0.5, 0.6) is 0 Å². The summed E-state index contributed by atoms with van der Waals surface area (Å²) in [6.07, 6.45) is 0. The van der Waals surface area contributed by atoms with Crippen molar-refractivity contribution < 1.29 is 8.42 Å². The van der Waals surface area contributed by atoms with Crippen LogP contribution in [-0.2, 0) is 16.4 Å². The Hall–Kier alpha value is -0.240. The number of nitrogens with zero attached hydrogens (tertiary/aromatic N) is 1. The molecular weight excluding hydrogens is 372 g/mol. The third-order valence-electron chi connectivity index (χ3n) is 3.63. The van der Waals surface area contributed by atoms with Crippen molar-refractivity contribution in [3.63, 3.8) is 0 Å². The van der Waals surface area contributed by atoms with Crippen LogP contribution < -0.4 is 10.2 Å². The molecule has 1 unspecified atom stereocenters. The summed E-state index contributed by atoms with van der Waals surface area (Å²) < 4.78 is 25.8. The minimum Gasteiger partial charge on any atom is -0.353 e. The van der Waals surface area contributed by atoms with E-state index < -0.39 is 15.2 Å². The molecule has 1 N–H and O–H groups in total. The zero-order valence-corrected chi connectivity index (χ0v) is 15.5. The zero-order chi connectivity index (χ0) is 15.5. The maximum atomic E-state index is 12.4. The third kappa shape index (κ3) is 3.94. The van der Waals surface area contributed by atoms with Gasteiger partial charge in [-0.25, -0.2) is 8.42 Å². The highest BCUT2D eigenvalue weighted by atomic mass is 79.9. The summed E-state index contributed by atoms with van der Waals surface area (Å²) in [4.78, 5) is 2.06. The van der Waals surface area contributed by atoms with Gasteiger partial charge in [0.2, 0.25) is 0 Å². The van der Waals surface area contributed by atoms with E-state index in [4.69, 9.17) is 0 Å². The molecule has 1 aromatic carbocycles. The Bertz CT molecular complexity index is 593. The van der Waals surface area contributed by atoms with Crippen molar-refractivity contribution in [2.24, 2.45) is 0 Å². The lowest BCUT2D eigenvalue weighted by atomic mass is 10.1. The van der Waals surface area contributed by atoms with Crippen LogP contribution in [0.4, 0.5) is 5.69 Å². The van der Waals surface area contributed by atoms with Gasteiger partial charge in [-0.1, -0.05) is 28.9 Å². The molecule has 2 rings (SSSR count). The Kier molecular flexibility index (Phi) is 5.99. The molecule has 0 amide bonds. The van der Waals surface area contributed by atoms with Crippen LogP contribution in [0.2, 0.25) is 0 Å². The van der Waals surface area contributed by atoms with E-state index in [1.54, 1.807) is 18.7 Å². The first-order chi connectivity index (χ1) is 9.99. The van der Waals surface area contributed by atoms with Gasteiger partial charge < -0.3 is 10.2 Å². The van der Waals surface area contributed by atoms with Crippen molar-refractivity contribution in [1.82, 2.24) is 5.32 Å². The molecule has 0 bridgehead atoms. The number of sulfone groups is 1. The molecule has 7 heteroatoms. The number of nitrogens with one attached hydrogen (secondary N) is 1. The molecule has 1 atom stereocenters. The number of halogens is 1. The van der Waals surface area contributed by atoms with Crippen LogP contribution in [0, 0.1) is 0 Å². The first-order valence-corrected chi connectivity index (χ1v) is 10.6. The number of anilines is 1.